The van der Waals surface area contributed by atoms with Crippen LogP contribution in [0.25, 0.3) is 0 Å². The van der Waals surface area contributed by atoms with Gasteiger partial charge >= 0.3 is 0 Å². The molecule has 2 aromatic rings. The molecule has 0 aliphatic heterocycles. The van der Waals surface area contributed by atoms with Gasteiger partial charge < -0.3 is 9.04 Å². The van der Waals surface area contributed by atoms with E-state index in [1.807, 2.05) is 19.1 Å². The van der Waals surface area contributed by atoms with E-state index in [4.69, 9.17) is 4.55 Å². The molecular formula is C17H24NO2S+. The van der Waals surface area contributed by atoms with Crippen molar-refractivity contribution in [3.63, 3.8) is 0 Å². The molecule has 0 radical (unpaired) electrons. The van der Waals surface area contributed by atoms with E-state index in [2.05, 4.69) is 51.5 Å². The van der Waals surface area contributed by atoms with Crippen molar-refractivity contribution >= 4 is 11.1 Å². The Labute approximate surface area is 130 Å². The summed E-state index contributed by atoms with van der Waals surface area (Å²) in [7, 11) is 6.60. The van der Waals surface area contributed by atoms with Gasteiger partial charge in [-0.3, -0.25) is 0 Å². The lowest BCUT2D eigenvalue weighted by atomic mass is 10.2. The number of rotatable bonds is 3. The van der Waals surface area contributed by atoms with Crippen LogP contribution in [0.1, 0.15) is 11.1 Å². The molecule has 0 aliphatic carbocycles. The molecule has 0 aliphatic rings. The van der Waals surface area contributed by atoms with E-state index in [-0.39, 0.29) is 0 Å². The fourth-order valence-corrected chi connectivity index (χ4v) is 2.15. The van der Waals surface area contributed by atoms with Gasteiger partial charge in [-0.25, -0.2) is 4.21 Å². The smallest absolute Gasteiger partial charge is 0.186 e. The van der Waals surface area contributed by atoms with Gasteiger partial charge in [-0.2, -0.15) is 0 Å². The summed E-state index contributed by atoms with van der Waals surface area (Å²) in [6.07, 6.45) is 0. The van der Waals surface area contributed by atoms with Crippen molar-refractivity contribution in [2.45, 2.75) is 18.4 Å². The minimum atomic E-state index is -1.84. The molecule has 0 heterocycles. The Morgan fingerprint density at radius 3 is 1.90 bits per heavy atom. The first-order valence-corrected chi connectivity index (χ1v) is 7.90. The molecular weight excluding hydrogens is 282 g/mol. The summed E-state index contributed by atoms with van der Waals surface area (Å²) in [4.78, 5) is 0.450. The van der Waals surface area contributed by atoms with Crippen LogP contribution in [0.2, 0.25) is 0 Å². The summed E-state index contributed by atoms with van der Waals surface area (Å²) in [5.74, 6) is 0. The predicted octanol–water partition coefficient (Wildman–Crippen LogP) is 3.47. The second-order valence-corrected chi connectivity index (χ2v) is 6.97. The van der Waals surface area contributed by atoms with Crippen molar-refractivity contribution in [1.82, 2.24) is 0 Å². The van der Waals surface area contributed by atoms with Crippen molar-refractivity contribution in [2.24, 2.45) is 0 Å². The molecule has 4 heteroatoms. The van der Waals surface area contributed by atoms with Gasteiger partial charge in [0.05, 0.1) is 26.0 Å². The Balaban J connectivity index is 0.000000211. The summed E-state index contributed by atoms with van der Waals surface area (Å²) in [6.45, 7) is 3.03. The maximum absolute atomic E-state index is 10.4. The summed E-state index contributed by atoms with van der Waals surface area (Å²) in [5, 5.41) is 0. The summed E-state index contributed by atoms with van der Waals surface area (Å²) < 4.78 is 20.0. The fourth-order valence-electron chi connectivity index (χ4n) is 1.79. The van der Waals surface area contributed by atoms with Crippen LogP contribution in [0, 0.1) is 6.92 Å². The number of quaternary nitrogens is 1. The molecule has 0 aromatic heterocycles. The average Bonchev–Trinajstić information content (AvgIpc) is 2.39. The van der Waals surface area contributed by atoms with Crippen molar-refractivity contribution in [1.29, 1.82) is 0 Å². The van der Waals surface area contributed by atoms with E-state index >= 15 is 0 Å². The maximum Gasteiger partial charge on any atom is 0.186 e. The number of hydrogen-bond acceptors (Lipinski definition) is 1. The van der Waals surface area contributed by atoms with Crippen molar-refractivity contribution in [3.05, 3.63) is 65.7 Å². The molecule has 0 saturated heterocycles. The Bertz CT molecular complexity index is 560. The monoisotopic (exact) mass is 306 g/mol. The minimum absolute atomic E-state index is 0.450. The molecule has 0 fully saturated rings. The molecule has 2 rings (SSSR count). The van der Waals surface area contributed by atoms with Crippen LogP contribution in [0.4, 0.5) is 0 Å². The highest BCUT2D eigenvalue weighted by Gasteiger charge is 2.06. The van der Waals surface area contributed by atoms with Crippen molar-refractivity contribution in [2.75, 3.05) is 21.1 Å². The van der Waals surface area contributed by atoms with E-state index in [0.29, 0.717) is 4.90 Å². The van der Waals surface area contributed by atoms with Gasteiger partial charge in [-0.05, 0) is 19.1 Å². The Morgan fingerprint density at radius 1 is 0.952 bits per heavy atom. The minimum Gasteiger partial charge on any atom is -0.327 e. The van der Waals surface area contributed by atoms with Crippen LogP contribution >= 0.6 is 0 Å². The normalized spacial score (nSPS) is 12.2. The predicted molar refractivity (Wildman–Crippen MR) is 88.4 cm³/mol. The van der Waals surface area contributed by atoms with Gasteiger partial charge in [0, 0.05) is 5.56 Å². The lowest BCUT2D eigenvalue weighted by molar-refractivity contribution is -0.884. The Kier molecular flexibility index (Phi) is 6.75. The lowest BCUT2D eigenvalue weighted by Crippen LogP contribution is -2.33. The molecule has 1 N–H and O–H groups in total. The van der Waals surface area contributed by atoms with Crippen molar-refractivity contribution < 1.29 is 13.2 Å². The van der Waals surface area contributed by atoms with Gasteiger partial charge in [0.1, 0.15) is 6.54 Å². The molecule has 0 saturated carbocycles. The highest BCUT2D eigenvalue weighted by molar-refractivity contribution is 7.79. The van der Waals surface area contributed by atoms with Gasteiger partial charge in [0.25, 0.3) is 0 Å². The first-order valence-electron chi connectivity index (χ1n) is 6.80. The van der Waals surface area contributed by atoms with Gasteiger partial charge in [0.2, 0.25) is 0 Å². The zero-order valence-corrected chi connectivity index (χ0v) is 13.9. The summed E-state index contributed by atoms with van der Waals surface area (Å²) in [5.41, 5.74) is 2.49. The molecule has 3 nitrogen and oxygen atoms in total. The molecule has 0 spiro atoms. The largest absolute Gasteiger partial charge is 0.327 e. The number of benzene rings is 2. The number of aryl methyl sites for hydroxylation is 1. The van der Waals surface area contributed by atoms with Crippen LogP contribution in [-0.2, 0) is 17.6 Å². The second-order valence-electron chi connectivity index (χ2n) is 6.00. The molecule has 21 heavy (non-hydrogen) atoms. The van der Waals surface area contributed by atoms with E-state index in [1.54, 1.807) is 12.1 Å². The van der Waals surface area contributed by atoms with E-state index in [9.17, 15) is 4.21 Å². The highest BCUT2D eigenvalue weighted by Crippen LogP contribution is 2.06. The highest BCUT2D eigenvalue weighted by atomic mass is 32.2. The topological polar surface area (TPSA) is 37.3 Å². The van der Waals surface area contributed by atoms with Gasteiger partial charge in [-0.15, -0.1) is 0 Å². The standard InChI is InChI=1S/C10H16N.C7H8O2S/c1-11(2,3)9-10-7-5-4-6-8-10;1-6-2-4-7(5-3-6)10(8)9/h4-8H,9H2,1-3H3;2-5H,1H3,(H,8,9)/q+1;. The average molecular weight is 306 g/mol. The van der Waals surface area contributed by atoms with Crippen LogP contribution in [0.3, 0.4) is 0 Å². The van der Waals surface area contributed by atoms with E-state index < -0.39 is 11.1 Å². The summed E-state index contributed by atoms with van der Waals surface area (Å²) in [6, 6.07) is 17.5. The number of nitrogens with zero attached hydrogens (tertiary/aromatic N) is 1. The first kappa shape index (κ1) is 17.6. The Morgan fingerprint density at radius 2 is 1.48 bits per heavy atom. The SMILES string of the molecule is C[N+](C)(C)Cc1ccccc1.Cc1ccc(S(=O)O)cc1. The molecule has 2 aromatic carbocycles. The first-order chi connectivity index (χ1) is 9.78. The molecule has 1 atom stereocenters. The zero-order valence-electron chi connectivity index (χ0n) is 13.1. The maximum atomic E-state index is 10.4. The second kappa shape index (κ2) is 8.08. The number of hydrogen-bond donors (Lipinski definition) is 1. The van der Waals surface area contributed by atoms with E-state index in [1.165, 1.54) is 5.56 Å². The lowest BCUT2D eigenvalue weighted by Gasteiger charge is -2.23. The third-order valence-electron chi connectivity index (χ3n) is 2.72. The van der Waals surface area contributed by atoms with E-state index in [0.717, 1.165) is 16.6 Å². The Hall–Kier alpha value is -1.49. The van der Waals surface area contributed by atoms with Crippen LogP contribution < -0.4 is 0 Å². The molecule has 1 unspecified atom stereocenters. The van der Waals surface area contributed by atoms with Crippen LogP contribution in [-0.4, -0.2) is 34.4 Å². The molecule has 0 bridgehead atoms. The zero-order chi connectivity index (χ0) is 15.9. The van der Waals surface area contributed by atoms with Crippen molar-refractivity contribution in [3.8, 4) is 0 Å². The molecule has 114 valence electrons. The van der Waals surface area contributed by atoms with Crippen LogP contribution in [0.15, 0.2) is 59.5 Å². The quantitative estimate of drug-likeness (QED) is 0.696. The fraction of sp³-hybridized carbons (Fsp3) is 0.294. The van der Waals surface area contributed by atoms with Crippen LogP contribution in [0.5, 0.6) is 0 Å². The van der Waals surface area contributed by atoms with Gasteiger partial charge in [0.15, 0.2) is 11.1 Å². The van der Waals surface area contributed by atoms with Gasteiger partial charge in [-0.1, -0.05) is 48.0 Å². The molecule has 0 amide bonds. The third-order valence-corrected chi connectivity index (χ3v) is 3.40. The summed E-state index contributed by atoms with van der Waals surface area (Å²) >= 11 is -1.84. The third kappa shape index (κ3) is 7.75.